The first kappa shape index (κ1) is 17.4. The van der Waals surface area contributed by atoms with Crippen LogP contribution in [-0.4, -0.2) is 72.5 Å². The average Bonchev–Trinajstić information content (AvgIpc) is 2.77. The molecule has 0 aliphatic carbocycles. The Balaban J connectivity index is 2.39. The van der Waals surface area contributed by atoms with Gasteiger partial charge in [-0.25, -0.2) is 0 Å². The Morgan fingerprint density at radius 3 is 2.52 bits per heavy atom. The van der Waals surface area contributed by atoms with Gasteiger partial charge < -0.3 is 15.3 Å². The van der Waals surface area contributed by atoms with E-state index < -0.39 is 11.9 Å². The molecule has 0 aromatic heterocycles. The van der Waals surface area contributed by atoms with Crippen molar-refractivity contribution in [2.24, 2.45) is 11.8 Å². The second kappa shape index (κ2) is 7.97. The number of carbonyl (C=O) groups excluding carboxylic acids is 2. The predicted molar refractivity (Wildman–Crippen MR) is 77.7 cm³/mol. The second-order valence-electron chi connectivity index (χ2n) is 5.72. The van der Waals surface area contributed by atoms with Crippen LogP contribution in [0, 0.1) is 11.8 Å². The summed E-state index contributed by atoms with van der Waals surface area (Å²) in [5.41, 5.74) is 0. The predicted octanol–water partition coefficient (Wildman–Crippen LogP) is -0.376. The molecule has 1 rings (SSSR count). The summed E-state index contributed by atoms with van der Waals surface area (Å²) in [5, 5.41) is 11.8. The number of carboxylic acid groups (broad SMARTS) is 1. The Morgan fingerprint density at radius 1 is 1.33 bits per heavy atom. The number of amides is 2. The fourth-order valence-electron chi connectivity index (χ4n) is 2.45. The fraction of sp³-hybridized carbons (Fsp3) is 0.786. The van der Waals surface area contributed by atoms with Crippen molar-refractivity contribution >= 4 is 17.8 Å². The van der Waals surface area contributed by atoms with E-state index in [0.717, 1.165) is 6.42 Å². The summed E-state index contributed by atoms with van der Waals surface area (Å²) >= 11 is 0. The zero-order chi connectivity index (χ0) is 16.0. The molecule has 0 radical (unpaired) electrons. The van der Waals surface area contributed by atoms with E-state index in [0.29, 0.717) is 19.6 Å². The van der Waals surface area contributed by atoms with Crippen LogP contribution >= 0.6 is 0 Å². The Labute approximate surface area is 125 Å². The minimum atomic E-state index is -0.815. The van der Waals surface area contributed by atoms with Crippen LogP contribution < -0.4 is 5.32 Å². The number of likely N-dealkylation sites (tertiary alicyclic amines) is 1. The van der Waals surface area contributed by atoms with Gasteiger partial charge in [0, 0.05) is 26.7 Å². The van der Waals surface area contributed by atoms with Gasteiger partial charge in [-0.2, -0.15) is 0 Å². The van der Waals surface area contributed by atoms with Crippen molar-refractivity contribution < 1.29 is 19.5 Å². The van der Waals surface area contributed by atoms with Crippen molar-refractivity contribution in [2.75, 3.05) is 39.8 Å². The summed E-state index contributed by atoms with van der Waals surface area (Å²) in [6.45, 7) is 5.62. The highest BCUT2D eigenvalue weighted by Gasteiger charge is 2.35. The first-order valence-electron chi connectivity index (χ1n) is 7.31. The molecule has 1 aliphatic rings. The number of nitrogens with one attached hydrogen (secondary N) is 1. The third kappa shape index (κ3) is 5.34. The molecule has 21 heavy (non-hydrogen) atoms. The number of carboxylic acids is 1. The lowest BCUT2D eigenvalue weighted by atomic mass is 9.99. The normalized spacial score (nSPS) is 22.0. The summed E-state index contributed by atoms with van der Waals surface area (Å²) in [6.07, 6.45) is 0.853. The molecule has 7 heteroatoms. The smallest absolute Gasteiger partial charge is 0.308 e. The van der Waals surface area contributed by atoms with Gasteiger partial charge in [0.2, 0.25) is 11.8 Å². The van der Waals surface area contributed by atoms with E-state index >= 15 is 0 Å². The van der Waals surface area contributed by atoms with E-state index in [1.54, 1.807) is 7.05 Å². The van der Waals surface area contributed by atoms with Crippen LogP contribution in [-0.2, 0) is 14.4 Å². The first-order valence-corrected chi connectivity index (χ1v) is 7.31. The lowest BCUT2D eigenvalue weighted by molar-refractivity contribution is -0.142. The van der Waals surface area contributed by atoms with Gasteiger partial charge in [0.15, 0.2) is 0 Å². The minimum Gasteiger partial charge on any atom is -0.481 e. The SMILES string of the molecule is CCCNC(=O)CN(C)C(=O)CN1CC(C)C(C(=O)O)C1. The molecule has 0 aromatic rings. The van der Waals surface area contributed by atoms with Gasteiger partial charge in [-0.15, -0.1) is 0 Å². The molecule has 0 spiro atoms. The topological polar surface area (TPSA) is 90.0 Å². The van der Waals surface area contributed by atoms with Crippen molar-refractivity contribution in [3.8, 4) is 0 Å². The van der Waals surface area contributed by atoms with Gasteiger partial charge in [0.25, 0.3) is 0 Å². The van der Waals surface area contributed by atoms with E-state index in [1.807, 2.05) is 18.7 Å². The molecular weight excluding hydrogens is 274 g/mol. The quantitative estimate of drug-likeness (QED) is 0.669. The van der Waals surface area contributed by atoms with E-state index in [9.17, 15) is 14.4 Å². The van der Waals surface area contributed by atoms with Gasteiger partial charge in [0.1, 0.15) is 0 Å². The molecule has 2 amide bonds. The number of hydrogen-bond donors (Lipinski definition) is 2. The number of hydrogen-bond acceptors (Lipinski definition) is 4. The summed E-state index contributed by atoms with van der Waals surface area (Å²) in [4.78, 5) is 37.9. The Bertz CT molecular complexity index is 400. The van der Waals surface area contributed by atoms with Crippen molar-refractivity contribution in [3.63, 3.8) is 0 Å². The van der Waals surface area contributed by atoms with Crippen molar-refractivity contribution in [3.05, 3.63) is 0 Å². The monoisotopic (exact) mass is 299 g/mol. The average molecular weight is 299 g/mol. The Kier molecular flexibility index (Phi) is 6.61. The van der Waals surface area contributed by atoms with Crippen molar-refractivity contribution in [1.82, 2.24) is 15.1 Å². The number of rotatable bonds is 7. The zero-order valence-corrected chi connectivity index (χ0v) is 13.0. The highest BCUT2D eigenvalue weighted by Crippen LogP contribution is 2.22. The molecule has 120 valence electrons. The van der Waals surface area contributed by atoms with E-state index in [2.05, 4.69) is 5.32 Å². The van der Waals surface area contributed by atoms with Gasteiger partial charge >= 0.3 is 5.97 Å². The van der Waals surface area contributed by atoms with Crippen LogP contribution in [0.25, 0.3) is 0 Å². The van der Waals surface area contributed by atoms with Crippen LogP contribution in [0.5, 0.6) is 0 Å². The summed E-state index contributed by atoms with van der Waals surface area (Å²) in [6, 6.07) is 0. The fourth-order valence-corrected chi connectivity index (χ4v) is 2.45. The maximum absolute atomic E-state index is 12.0. The van der Waals surface area contributed by atoms with Crippen LogP contribution in [0.2, 0.25) is 0 Å². The lowest BCUT2D eigenvalue weighted by Gasteiger charge is -2.21. The maximum Gasteiger partial charge on any atom is 0.308 e. The third-order valence-electron chi connectivity index (χ3n) is 3.74. The molecule has 0 saturated carbocycles. The number of likely N-dealkylation sites (N-methyl/N-ethyl adjacent to an activating group) is 1. The zero-order valence-electron chi connectivity index (χ0n) is 13.0. The van der Waals surface area contributed by atoms with Gasteiger partial charge in [-0.1, -0.05) is 13.8 Å². The van der Waals surface area contributed by atoms with Crippen LogP contribution in [0.15, 0.2) is 0 Å². The molecule has 0 bridgehead atoms. The minimum absolute atomic E-state index is 0.0323. The molecule has 1 fully saturated rings. The molecule has 7 nitrogen and oxygen atoms in total. The Morgan fingerprint density at radius 2 is 2.00 bits per heavy atom. The van der Waals surface area contributed by atoms with E-state index in [1.165, 1.54) is 4.90 Å². The standard InChI is InChI=1S/C14H25N3O4/c1-4-5-15-12(18)8-16(3)13(19)9-17-6-10(2)11(7-17)14(20)21/h10-11H,4-9H2,1-3H3,(H,15,18)(H,20,21). The first-order chi connectivity index (χ1) is 9.85. The van der Waals surface area contributed by atoms with Crippen LogP contribution in [0.4, 0.5) is 0 Å². The largest absolute Gasteiger partial charge is 0.481 e. The van der Waals surface area contributed by atoms with Gasteiger partial charge in [-0.3, -0.25) is 19.3 Å². The molecule has 2 unspecified atom stereocenters. The van der Waals surface area contributed by atoms with E-state index in [4.69, 9.17) is 5.11 Å². The van der Waals surface area contributed by atoms with Crippen LogP contribution in [0.3, 0.4) is 0 Å². The number of nitrogens with zero attached hydrogens (tertiary/aromatic N) is 2. The second-order valence-corrected chi connectivity index (χ2v) is 5.72. The third-order valence-corrected chi connectivity index (χ3v) is 3.74. The molecule has 1 aliphatic heterocycles. The molecule has 2 atom stereocenters. The van der Waals surface area contributed by atoms with Crippen molar-refractivity contribution in [2.45, 2.75) is 20.3 Å². The molecule has 1 saturated heterocycles. The highest BCUT2D eigenvalue weighted by molar-refractivity contribution is 5.85. The molecule has 0 aromatic carbocycles. The van der Waals surface area contributed by atoms with Gasteiger partial charge in [0.05, 0.1) is 19.0 Å². The van der Waals surface area contributed by atoms with E-state index in [-0.39, 0.29) is 30.8 Å². The highest BCUT2D eigenvalue weighted by atomic mass is 16.4. The number of aliphatic carboxylic acids is 1. The molecular formula is C14H25N3O4. The summed E-state index contributed by atoms with van der Waals surface area (Å²) < 4.78 is 0. The number of carbonyl (C=O) groups is 3. The van der Waals surface area contributed by atoms with Crippen LogP contribution in [0.1, 0.15) is 20.3 Å². The molecule has 1 heterocycles. The summed E-state index contributed by atoms with van der Waals surface area (Å²) in [5.74, 6) is -1.54. The summed E-state index contributed by atoms with van der Waals surface area (Å²) in [7, 11) is 1.59. The van der Waals surface area contributed by atoms with Crippen molar-refractivity contribution in [1.29, 1.82) is 0 Å². The Hall–Kier alpha value is -1.63. The molecule has 2 N–H and O–H groups in total. The lowest BCUT2D eigenvalue weighted by Crippen LogP contribution is -2.43. The van der Waals surface area contributed by atoms with Gasteiger partial charge in [-0.05, 0) is 12.3 Å². The maximum atomic E-state index is 12.0.